The van der Waals surface area contributed by atoms with Crippen LogP contribution in [0.5, 0.6) is 0 Å². The van der Waals surface area contributed by atoms with Crippen LogP contribution in [0.2, 0.25) is 0 Å². The van der Waals surface area contributed by atoms with Crippen molar-refractivity contribution in [2.75, 3.05) is 10.6 Å². The minimum Gasteiger partial charge on any atom is -0.369 e. The number of hydrogen-bond acceptors (Lipinski definition) is 6. The fourth-order valence-electron chi connectivity index (χ4n) is 4.06. The van der Waals surface area contributed by atoms with Gasteiger partial charge in [0.05, 0.1) is 6.20 Å². The summed E-state index contributed by atoms with van der Waals surface area (Å²) in [5.74, 6) is -1.16. The molecule has 2 aromatic heterocycles. The van der Waals surface area contributed by atoms with E-state index < -0.39 is 11.6 Å². The minimum atomic E-state index is -0.716. The highest BCUT2D eigenvalue weighted by Gasteiger charge is 2.29. The van der Waals surface area contributed by atoms with Crippen molar-refractivity contribution in [1.82, 2.24) is 19.5 Å². The molecular formula is C22H27F2N7O. The summed E-state index contributed by atoms with van der Waals surface area (Å²) < 4.78 is 30.5. The van der Waals surface area contributed by atoms with Crippen LogP contribution in [0.15, 0.2) is 24.4 Å². The predicted octanol–water partition coefficient (Wildman–Crippen LogP) is 4.28. The number of hydrogen-bond donors (Lipinski definition) is 3. The number of amides is 1. The summed E-state index contributed by atoms with van der Waals surface area (Å²) in [6.07, 6.45) is 5.11. The Labute approximate surface area is 184 Å². The maximum atomic E-state index is 14.3. The molecule has 0 aliphatic heterocycles. The van der Waals surface area contributed by atoms with E-state index in [0.717, 1.165) is 6.42 Å². The molecule has 1 aliphatic carbocycles. The summed E-state index contributed by atoms with van der Waals surface area (Å²) >= 11 is 0. The molecule has 0 radical (unpaired) electrons. The van der Waals surface area contributed by atoms with Crippen LogP contribution in [-0.4, -0.2) is 31.5 Å². The van der Waals surface area contributed by atoms with Crippen molar-refractivity contribution in [2.45, 2.75) is 58.0 Å². The summed E-state index contributed by atoms with van der Waals surface area (Å²) in [5, 5.41) is 6.07. The first-order valence-electron chi connectivity index (χ1n) is 10.9. The van der Waals surface area contributed by atoms with Gasteiger partial charge in [-0.15, -0.1) is 0 Å². The lowest BCUT2D eigenvalue weighted by Crippen LogP contribution is -2.29. The van der Waals surface area contributed by atoms with Gasteiger partial charge in [-0.05, 0) is 51.2 Å². The van der Waals surface area contributed by atoms with Gasteiger partial charge in [0.15, 0.2) is 5.65 Å². The third-order valence-corrected chi connectivity index (χ3v) is 6.08. The predicted molar refractivity (Wildman–Crippen MR) is 119 cm³/mol. The molecule has 1 aromatic carbocycles. The minimum absolute atomic E-state index is 0.0562. The Kier molecular flexibility index (Phi) is 6.20. The summed E-state index contributed by atoms with van der Waals surface area (Å²) in [7, 11) is 0. The van der Waals surface area contributed by atoms with Crippen molar-refractivity contribution in [2.24, 2.45) is 11.7 Å². The number of primary amides is 1. The van der Waals surface area contributed by atoms with Gasteiger partial charge in [-0.2, -0.15) is 4.98 Å². The number of carbonyl (C=O) groups excluding carboxylic acids is 1. The normalized spacial score (nSPS) is 19.6. The molecule has 1 aliphatic rings. The average molecular weight is 444 g/mol. The SMILES string of the molecule is CC[C@H](C)Nc1ncc2nc(Nc3c(F)cccc3F)n(C3CCC(C(N)=O)CC3)c2n1. The van der Waals surface area contributed by atoms with Gasteiger partial charge in [-0.25, -0.2) is 18.7 Å². The van der Waals surface area contributed by atoms with Crippen LogP contribution in [0.4, 0.5) is 26.4 Å². The van der Waals surface area contributed by atoms with Gasteiger partial charge in [-0.1, -0.05) is 13.0 Å². The zero-order chi connectivity index (χ0) is 22.8. The number of carbonyl (C=O) groups is 1. The lowest BCUT2D eigenvalue weighted by molar-refractivity contribution is -0.122. The summed E-state index contributed by atoms with van der Waals surface area (Å²) in [5.41, 5.74) is 6.28. The van der Waals surface area contributed by atoms with Crippen LogP contribution in [0.3, 0.4) is 0 Å². The molecule has 10 heteroatoms. The van der Waals surface area contributed by atoms with E-state index in [-0.39, 0.29) is 35.5 Å². The maximum absolute atomic E-state index is 14.3. The van der Waals surface area contributed by atoms with E-state index in [9.17, 15) is 13.6 Å². The fraction of sp³-hybridized carbons (Fsp3) is 0.455. The van der Waals surface area contributed by atoms with E-state index in [1.165, 1.54) is 18.2 Å². The number of para-hydroxylation sites is 1. The highest BCUT2D eigenvalue weighted by molar-refractivity contribution is 5.78. The van der Waals surface area contributed by atoms with Gasteiger partial charge in [0, 0.05) is 18.0 Å². The van der Waals surface area contributed by atoms with Gasteiger partial charge in [0.25, 0.3) is 0 Å². The van der Waals surface area contributed by atoms with Crippen molar-refractivity contribution in [3.63, 3.8) is 0 Å². The highest BCUT2D eigenvalue weighted by atomic mass is 19.1. The highest BCUT2D eigenvalue weighted by Crippen LogP contribution is 2.37. The summed E-state index contributed by atoms with van der Waals surface area (Å²) in [4.78, 5) is 25.1. The standard InChI is InChI=1S/C22H27F2N7O/c1-3-12(2)27-21-26-11-17-20(30-21)31(14-9-7-13(8-10-14)19(25)32)22(28-17)29-18-15(23)5-4-6-16(18)24/h4-6,11-14H,3,7-10H2,1-2H3,(H2,25,32)(H,28,29)(H,26,27,30)/t12-,13?,14?/m0/s1. The number of nitrogens with two attached hydrogens (primary N) is 1. The molecule has 0 bridgehead atoms. The Balaban J connectivity index is 1.76. The van der Waals surface area contributed by atoms with Crippen molar-refractivity contribution in [3.8, 4) is 0 Å². The average Bonchev–Trinajstić information content (AvgIpc) is 3.13. The molecule has 32 heavy (non-hydrogen) atoms. The largest absolute Gasteiger partial charge is 0.369 e. The zero-order valence-electron chi connectivity index (χ0n) is 18.1. The Morgan fingerprint density at radius 2 is 1.91 bits per heavy atom. The Morgan fingerprint density at radius 3 is 2.53 bits per heavy atom. The van der Waals surface area contributed by atoms with Crippen molar-refractivity contribution in [3.05, 3.63) is 36.0 Å². The molecule has 170 valence electrons. The Bertz CT molecular complexity index is 1100. The van der Waals surface area contributed by atoms with Crippen LogP contribution in [0.25, 0.3) is 11.2 Å². The third-order valence-electron chi connectivity index (χ3n) is 6.08. The van der Waals surface area contributed by atoms with E-state index in [4.69, 9.17) is 5.73 Å². The van der Waals surface area contributed by atoms with Crippen LogP contribution < -0.4 is 16.4 Å². The van der Waals surface area contributed by atoms with Crippen molar-refractivity contribution < 1.29 is 13.6 Å². The van der Waals surface area contributed by atoms with Gasteiger partial charge in [-0.3, -0.25) is 9.36 Å². The number of anilines is 3. The molecule has 8 nitrogen and oxygen atoms in total. The molecule has 1 saturated carbocycles. The second-order valence-electron chi connectivity index (χ2n) is 8.29. The Morgan fingerprint density at radius 1 is 1.22 bits per heavy atom. The van der Waals surface area contributed by atoms with E-state index in [2.05, 4.69) is 32.5 Å². The molecule has 1 fully saturated rings. The van der Waals surface area contributed by atoms with Crippen molar-refractivity contribution in [1.29, 1.82) is 0 Å². The maximum Gasteiger partial charge on any atom is 0.224 e. The van der Waals surface area contributed by atoms with E-state index >= 15 is 0 Å². The summed E-state index contributed by atoms with van der Waals surface area (Å²) in [6.45, 7) is 4.09. The number of fused-ring (bicyclic) bond motifs is 1. The molecule has 2 heterocycles. The number of nitrogens with zero attached hydrogens (tertiary/aromatic N) is 4. The second kappa shape index (κ2) is 9.05. The van der Waals surface area contributed by atoms with E-state index in [1.807, 2.05) is 11.5 Å². The second-order valence-corrected chi connectivity index (χ2v) is 8.29. The Hall–Kier alpha value is -3.30. The third kappa shape index (κ3) is 4.35. The molecule has 0 spiro atoms. The topological polar surface area (TPSA) is 111 Å². The lowest BCUT2D eigenvalue weighted by atomic mass is 9.85. The van der Waals surface area contributed by atoms with E-state index in [1.54, 1.807) is 6.20 Å². The quantitative estimate of drug-likeness (QED) is 0.503. The molecule has 4 N–H and O–H groups in total. The molecule has 1 atom stereocenters. The number of aromatic nitrogens is 4. The number of benzene rings is 1. The van der Waals surface area contributed by atoms with Crippen LogP contribution in [0, 0.1) is 17.6 Å². The zero-order valence-corrected chi connectivity index (χ0v) is 18.1. The summed E-state index contributed by atoms with van der Waals surface area (Å²) in [6, 6.07) is 3.80. The number of rotatable bonds is 7. The van der Waals surface area contributed by atoms with Gasteiger partial charge in [0.1, 0.15) is 22.8 Å². The van der Waals surface area contributed by atoms with E-state index in [0.29, 0.717) is 42.8 Å². The molecule has 1 amide bonds. The number of nitrogens with one attached hydrogen (secondary N) is 2. The molecular weight excluding hydrogens is 416 g/mol. The smallest absolute Gasteiger partial charge is 0.224 e. The number of imidazole rings is 1. The first-order valence-corrected chi connectivity index (χ1v) is 10.9. The van der Waals surface area contributed by atoms with Crippen LogP contribution in [-0.2, 0) is 4.79 Å². The lowest BCUT2D eigenvalue weighted by Gasteiger charge is -2.29. The molecule has 4 rings (SSSR count). The van der Waals surface area contributed by atoms with Crippen LogP contribution in [0.1, 0.15) is 52.0 Å². The molecule has 3 aromatic rings. The first-order chi connectivity index (χ1) is 15.4. The van der Waals surface area contributed by atoms with Crippen LogP contribution >= 0.6 is 0 Å². The number of halogens is 2. The molecule has 0 unspecified atom stereocenters. The monoisotopic (exact) mass is 443 g/mol. The van der Waals surface area contributed by atoms with Gasteiger partial charge in [0.2, 0.25) is 17.8 Å². The van der Waals surface area contributed by atoms with Crippen molar-refractivity contribution >= 4 is 34.7 Å². The van der Waals surface area contributed by atoms with Gasteiger partial charge < -0.3 is 16.4 Å². The first kappa shape index (κ1) is 21.9. The van der Waals surface area contributed by atoms with Gasteiger partial charge >= 0.3 is 0 Å². The fourth-order valence-corrected chi connectivity index (χ4v) is 4.06. The molecule has 0 saturated heterocycles.